The summed E-state index contributed by atoms with van der Waals surface area (Å²) in [5, 5.41) is 13.6. The second-order valence-corrected chi connectivity index (χ2v) is 6.78. The SMILES string of the molecule is CCC=CC=CC=CCCC=CC(=O)NCC(O)(CCCC)CCCC. The first-order chi connectivity index (χ1) is 12.6. The Balaban J connectivity index is 4.10. The zero-order valence-electron chi connectivity index (χ0n) is 17.0. The summed E-state index contributed by atoms with van der Waals surface area (Å²) in [6.07, 6.45) is 24.1. The van der Waals surface area contributed by atoms with Crippen LogP contribution in [0.15, 0.2) is 48.6 Å². The number of carbonyl (C=O) groups is 1. The maximum atomic E-state index is 11.9. The molecule has 0 rings (SSSR count). The highest BCUT2D eigenvalue weighted by atomic mass is 16.3. The van der Waals surface area contributed by atoms with Gasteiger partial charge in [0.25, 0.3) is 0 Å². The molecule has 0 unspecified atom stereocenters. The number of nitrogens with one attached hydrogen (secondary N) is 1. The van der Waals surface area contributed by atoms with Crippen molar-refractivity contribution in [3.63, 3.8) is 0 Å². The van der Waals surface area contributed by atoms with E-state index < -0.39 is 5.60 Å². The van der Waals surface area contributed by atoms with Gasteiger partial charge in [0.2, 0.25) is 5.91 Å². The Morgan fingerprint density at radius 1 is 0.885 bits per heavy atom. The van der Waals surface area contributed by atoms with Crippen LogP contribution in [0.2, 0.25) is 0 Å². The van der Waals surface area contributed by atoms with Gasteiger partial charge >= 0.3 is 0 Å². The van der Waals surface area contributed by atoms with Crippen LogP contribution >= 0.6 is 0 Å². The molecule has 0 radical (unpaired) electrons. The molecule has 0 aromatic rings. The molecule has 0 aromatic carbocycles. The Morgan fingerprint density at radius 2 is 1.46 bits per heavy atom. The fourth-order valence-electron chi connectivity index (χ4n) is 2.52. The van der Waals surface area contributed by atoms with Crippen molar-refractivity contribution in [1.82, 2.24) is 5.32 Å². The Labute approximate surface area is 161 Å². The number of hydrogen-bond acceptors (Lipinski definition) is 2. The minimum atomic E-state index is -0.767. The summed E-state index contributed by atoms with van der Waals surface area (Å²) in [6.45, 7) is 6.69. The number of amides is 1. The van der Waals surface area contributed by atoms with Crippen molar-refractivity contribution in [2.45, 2.75) is 84.2 Å². The maximum absolute atomic E-state index is 11.9. The molecule has 1 amide bonds. The summed E-state index contributed by atoms with van der Waals surface area (Å²) >= 11 is 0. The van der Waals surface area contributed by atoms with E-state index in [1.165, 1.54) is 0 Å². The third-order valence-electron chi connectivity index (χ3n) is 4.19. The van der Waals surface area contributed by atoms with Gasteiger partial charge in [-0.15, -0.1) is 0 Å². The van der Waals surface area contributed by atoms with E-state index in [0.29, 0.717) is 6.54 Å². The summed E-state index contributed by atoms with van der Waals surface area (Å²) in [6, 6.07) is 0. The predicted molar refractivity (Wildman–Crippen MR) is 113 cm³/mol. The number of allylic oxidation sites excluding steroid dienone is 7. The van der Waals surface area contributed by atoms with Crippen molar-refractivity contribution in [3.05, 3.63) is 48.6 Å². The van der Waals surface area contributed by atoms with Crippen LogP contribution in [0.25, 0.3) is 0 Å². The average Bonchev–Trinajstić information content (AvgIpc) is 2.65. The molecule has 3 heteroatoms. The van der Waals surface area contributed by atoms with Gasteiger partial charge in [-0.1, -0.05) is 89.0 Å². The number of unbranched alkanes of at least 4 members (excludes halogenated alkanes) is 3. The van der Waals surface area contributed by atoms with E-state index in [9.17, 15) is 9.90 Å². The number of hydrogen-bond donors (Lipinski definition) is 2. The highest BCUT2D eigenvalue weighted by molar-refractivity contribution is 5.87. The van der Waals surface area contributed by atoms with E-state index in [4.69, 9.17) is 0 Å². The third kappa shape index (κ3) is 14.7. The smallest absolute Gasteiger partial charge is 0.243 e. The maximum Gasteiger partial charge on any atom is 0.243 e. The molecule has 0 saturated carbocycles. The second kappa shape index (κ2) is 16.8. The molecule has 0 aromatic heterocycles. The standard InChI is InChI=1S/C23H39NO2/c1-4-7-10-11-12-13-14-15-16-17-18-22(25)24-21-23(26,19-8-5-2)20-9-6-3/h7,10-14,17-18,26H,4-6,8-9,15-16,19-21H2,1-3H3,(H,24,25). The van der Waals surface area contributed by atoms with Gasteiger partial charge in [-0.25, -0.2) is 0 Å². The van der Waals surface area contributed by atoms with E-state index >= 15 is 0 Å². The number of rotatable bonds is 15. The minimum absolute atomic E-state index is 0.120. The molecule has 0 aliphatic heterocycles. The summed E-state index contributed by atoms with van der Waals surface area (Å²) in [5.41, 5.74) is -0.767. The van der Waals surface area contributed by atoms with E-state index in [1.54, 1.807) is 6.08 Å². The molecule has 0 atom stereocenters. The first-order valence-electron chi connectivity index (χ1n) is 10.2. The van der Waals surface area contributed by atoms with Gasteiger partial charge in [-0.3, -0.25) is 4.79 Å². The van der Waals surface area contributed by atoms with Crippen LogP contribution in [0, 0.1) is 0 Å². The van der Waals surface area contributed by atoms with Crippen LogP contribution in [0.4, 0.5) is 0 Å². The molecule has 148 valence electrons. The van der Waals surface area contributed by atoms with Crippen molar-refractivity contribution in [2.24, 2.45) is 0 Å². The van der Waals surface area contributed by atoms with Gasteiger partial charge in [0.05, 0.1) is 5.60 Å². The van der Waals surface area contributed by atoms with E-state index in [1.807, 2.05) is 30.4 Å². The van der Waals surface area contributed by atoms with Gasteiger partial charge in [0.1, 0.15) is 0 Å². The number of aliphatic hydroxyl groups is 1. The Morgan fingerprint density at radius 3 is 2.04 bits per heavy atom. The molecule has 0 heterocycles. The molecule has 2 N–H and O–H groups in total. The molecule has 26 heavy (non-hydrogen) atoms. The molecule has 0 aliphatic carbocycles. The first-order valence-corrected chi connectivity index (χ1v) is 10.2. The lowest BCUT2D eigenvalue weighted by atomic mass is 9.91. The molecule has 0 fully saturated rings. The fourth-order valence-corrected chi connectivity index (χ4v) is 2.52. The van der Waals surface area contributed by atoms with Crippen molar-refractivity contribution < 1.29 is 9.90 Å². The third-order valence-corrected chi connectivity index (χ3v) is 4.19. The van der Waals surface area contributed by atoms with E-state index in [2.05, 4.69) is 38.2 Å². The fraction of sp³-hybridized carbons (Fsp3) is 0.609. The second-order valence-electron chi connectivity index (χ2n) is 6.78. The van der Waals surface area contributed by atoms with Gasteiger partial charge in [0.15, 0.2) is 0 Å². The zero-order valence-corrected chi connectivity index (χ0v) is 17.0. The molecular formula is C23H39NO2. The molecule has 0 bridgehead atoms. The largest absolute Gasteiger partial charge is 0.388 e. The summed E-state index contributed by atoms with van der Waals surface area (Å²) in [4.78, 5) is 11.9. The molecular weight excluding hydrogens is 322 g/mol. The summed E-state index contributed by atoms with van der Waals surface area (Å²) < 4.78 is 0. The van der Waals surface area contributed by atoms with Crippen LogP contribution in [-0.2, 0) is 4.79 Å². The van der Waals surface area contributed by atoms with Gasteiger partial charge in [-0.05, 0) is 38.2 Å². The van der Waals surface area contributed by atoms with Crippen molar-refractivity contribution in [2.75, 3.05) is 6.54 Å². The lowest BCUT2D eigenvalue weighted by molar-refractivity contribution is -0.118. The Bertz CT molecular complexity index is 453. The summed E-state index contributed by atoms with van der Waals surface area (Å²) in [5.74, 6) is -0.120. The highest BCUT2D eigenvalue weighted by Crippen LogP contribution is 2.20. The normalized spacial score (nSPS) is 12.9. The average molecular weight is 362 g/mol. The Kier molecular flexibility index (Phi) is 15.8. The van der Waals surface area contributed by atoms with Crippen molar-refractivity contribution in [3.8, 4) is 0 Å². The minimum Gasteiger partial charge on any atom is -0.388 e. The first kappa shape index (κ1) is 24.4. The van der Waals surface area contributed by atoms with Gasteiger partial charge < -0.3 is 10.4 Å². The van der Waals surface area contributed by atoms with E-state index in [-0.39, 0.29) is 5.91 Å². The van der Waals surface area contributed by atoms with Gasteiger partial charge in [-0.2, -0.15) is 0 Å². The molecule has 0 saturated heterocycles. The van der Waals surface area contributed by atoms with Crippen LogP contribution < -0.4 is 5.32 Å². The van der Waals surface area contributed by atoms with E-state index in [0.717, 1.165) is 57.8 Å². The monoisotopic (exact) mass is 361 g/mol. The lowest BCUT2D eigenvalue weighted by Crippen LogP contribution is -2.42. The Hall–Kier alpha value is -1.61. The quantitative estimate of drug-likeness (QED) is 0.226. The molecule has 3 nitrogen and oxygen atoms in total. The lowest BCUT2D eigenvalue weighted by Gasteiger charge is -2.28. The number of carbonyl (C=O) groups excluding carboxylic acids is 1. The zero-order chi connectivity index (χ0) is 19.5. The van der Waals surface area contributed by atoms with Crippen LogP contribution in [0.5, 0.6) is 0 Å². The van der Waals surface area contributed by atoms with Crippen LogP contribution in [0.1, 0.15) is 78.6 Å². The highest BCUT2D eigenvalue weighted by Gasteiger charge is 2.25. The van der Waals surface area contributed by atoms with Crippen LogP contribution in [-0.4, -0.2) is 23.2 Å². The van der Waals surface area contributed by atoms with Gasteiger partial charge in [0, 0.05) is 6.54 Å². The summed E-state index contributed by atoms with van der Waals surface area (Å²) in [7, 11) is 0. The topological polar surface area (TPSA) is 49.3 Å². The predicted octanol–water partition coefficient (Wildman–Crippen LogP) is 5.63. The molecule has 0 aliphatic rings. The van der Waals surface area contributed by atoms with Crippen LogP contribution in [0.3, 0.4) is 0 Å². The van der Waals surface area contributed by atoms with Crippen molar-refractivity contribution >= 4 is 5.91 Å². The molecule has 0 spiro atoms. The van der Waals surface area contributed by atoms with Crippen molar-refractivity contribution in [1.29, 1.82) is 0 Å².